The number of carbonyl (C=O) groups excluding carboxylic acids is 3. The fourth-order valence-electron chi connectivity index (χ4n) is 8.66. The zero-order valence-corrected chi connectivity index (χ0v) is 47.3. The van der Waals surface area contributed by atoms with Gasteiger partial charge in [0.2, 0.25) is 0 Å². The quantitative estimate of drug-likeness (QED) is 0.0228. The Hall–Kier alpha value is -3.84. The first kappa shape index (κ1) is 69.2. The summed E-state index contributed by atoms with van der Waals surface area (Å²) in [6.45, 7) is 5.82. The number of allylic oxidation sites excluding steroid dienone is 12. The molecule has 0 saturated carbocycles. The van der Waals surface area contributed by atoms with Crippen LogP contribution in [0.5, 0.6) is 0 Å². The molecule has 0 aliphatic carbocycles. The zero-order chi connectivity index (χ0) is 54.7. The van der Waals surface area contributed by atoms with Gasteiger partial charge in [0.15, 0.2) is 24.6 Å². The molecule has 1 aliphatic rings. The molecular formula is C63H106O12. The highest BCUT2D eigenvalue weighted by molar-refractivity contribution is 5.74. The van der Waals surface area contributed by atoms with E-state index >= 15 is 0 Å². The fraction of sp³-hybridized carbons (Fsp3) is 0.746. The summed E-state index contributed by atoms with van der Waals surface area (Å²) >= 11 is 0. The second-order valence-electron chi connectivity index (χ2n) is 20.2. The number of rotatable bonds is 50. The summed E-state index contributed by atoms with van der Waals surface area (Å²) in [7, 11) is 0. The maximum atomic E-state index is 13.1. The van der Waals surface area contributed by atoms with Crippen molar-refractivity contribution < 1.29 is 58.2 Å². The summed E-state index contributed by atoms with van der Waals surface area (Å²) in [5.74, 6) is -3.23. The van der Waals surface area contributed by atoms with E-state index in [9.17, 15) is 34.5 Å². The van der Waals surface area contributed by atoms with Gasteiger partial charge in [-0.15, -0.1) is 0 Å². The lowest BCUT2D eigenvalue weighted by atomic mass is 9.98. The van der Waals surface area contributed by atoms with Crippen molar-refractivity contribution in [2.75, 3.05) is 13.2 Å². The number of carbonyl (C=O) groups is 4. The van der Waals surface area contributed by atoms with Crippen LogP contribution in [0.1, 0.15) is 252 Å². The first-order valence-electron chi connectivity index (χ1n) is 29.9. The fourth-order valence-corrected chi connectivity index (χ4v) is 8.66. The number of hydrogen-bond donors (Lipinski definition) is 3. The van der Waals surface area contributed by atoms with Gasteiger partial charge in [0.1, 0.15) is 18.8 Å². The van der Waals surface area contributed by atoms with Crippen LogP contribution in [0.4, 0.5) is 0 Å². The van der Waals surface area contributed by atoms with E-state index in [-0.39, 0.29) is 25.9 Å². The van der Waals surface area contributed by atoms with Gasteiger partial charge in [-0.05, 0) is 96.3 Å². The predicted octanol–water partition coefficient (Wildman–Crippen LogP) is 15.3. The standard InChI is InChI=1S/C63H106O12/c1-4-7-10-13-16-19-22-25-26-27-28-29-30-33-34-37-40-43-46-49-55(64)71-52-54(73-56(65)50-47-44-41-38-35-31-23-20-17-14-11-8-5-2)53-72-63-61(59(68)58(67)60(75-63)62(69)70)74-57(66)51-48-45-42-39-36-32-24-21-18-15-12-9-6-3/h9,12,18,20-21,23,25-26,32,36,42,45,54,58-61,63,67-68H,4-8,10-11,13-17,19,22,24,27-31,33-35,37-41,43-44,46-53H2,1-3H3,(H,69,70)/b12-9-,21-18-,23-20-,26-25-,36-32-,45-42-. The first-order chi connectivity index (χ1) is 36.6. The summed E-state index contributed by atoms with van der Waals surface area (Å²) in [5.41, 5.74) is 0. The Labute approximate surface area is 455 Å². The van der Waals surface area contributed by atoms with E-state index < -0.39 is 67.3 Å². The van der Waals surface area contributed by atoms with Crippen molar-refractivity contribution in [1.82, 2.24) is 0 Å². The Bertz CT molecular complexity index is 1580. The van der Waals surface area contributed by atoms with E-state index in [0.29, 0.717) is 25.7 Å². The molecule has 0 aromatic carbocycles. The highest BCUT2D eigenvalue weighted by Crippen LogP contribution is 2.26. The molecule has 430 valence electrons. The van der Waals surface area contributed by atoms with E-state index in [1.165, 1.54) is 109 Å². The maximum absolute atomic E-state index is 13.1. The number of hydrogen-bond acceptors (Lipinski definition) is 11. The lowest BCUT2D eigenvalue weighted by Gasteiger charge is -2.40. The lowest BCUT2D eigenvalue weighted by Crippen LogP contribution is -2.61. The minimum atomic E-state index is -1.93. The Morgan fingerprint density at radius 2 is 0.867 bits per heavy atom. The Morgan fingerprint density at radius 1 is 0.453 bits per heavy atom. The molecule has 75 heavy (non-hydrogen) atoms. The molecule has 12 heteroatoms. The van der Waals surface area contributed by atoms with Gasteiger partial charge in [-0.25, -0.2) is 4.79 Å². The molecule has 6 unspecified atom stereocenters. The molecular weight excluding hydrogens is 949 g/mol. The van der Waals surface area contributed by atoms with Gasteiger partial charge in [-0.2, -0.15) is 0 Å². The van der Waals surface area contributed by atoms with Crippen molar-refractivity contribution in [2.45, 2.75) is 289 Å². The zero-order valence-electron chi connectivity index (χ0n) is 47.3. The van der Waals surface area contributed by atoms with E-state index in [0.717, 1.165) is 77.0 Å². The van der Waals surface area contributed by atoms with Crippen molar-refractivity contribution >= 4 is 23.9 Å². The minimum absolute atomic E-state index is 0.0628. The molecule has 0 aromatic heterocycles. The smallest absolute Gasteiger partial charge is 0.335 e. The van der Waals surface area contributed by atoms with E-state index in [1.54, 1.807) is 0 Å². The van der Waals surface area contributed by atoms with Crippen LogP contribution in [0.15, 0.2) is 72.9 Å². The van der Waals surface area contributed by atoms with Crippen molar-refractivity contribution in [2.24, 2.45) is 0 Å². The monoisotopic (exact) mass is 1050 g/mol. The summed E-state index contributed by atoms with van der Waals surface area (Å²) < 4.78 is 28.3. The van der Waals surface area contributed by atoms with Crippen LogP contribution in [0, 0.1) is 0 Å². The largest absolute Gasteiger partial charge is 0.479 e. The average Bonchev–Trinajstić information content (AvgIpc) is 3.39. The summed E-state index contributed by atoms with van der Waals surface area (Å²) in [5, 5.41) is 31.4. The first-order valence-corrected chi connectivity index (χ1v) is 29.9. The second kappa shape index (κ2) is 50.9. The highest BCUT2D eigenvalue weighted by Gasteiger charge is 2.50. The molecule has 1 rings (SSSR count). The van der Waals surface area contributed by atoms with E-state index in [4.69, 9.17) is 23.7 Å². The van der Waals surface area contributed by atoms with E-state index in [2.05, 4.69) is 75.5 Å². The van der Waals surface area contributed by atoms with Crippen LogP contribution >= 0.6 is 0 Å². The number of aliphatic carboxylic acids is 1. The molecule has 1 aliphatic heterocycles. The third kappa shape index (κ3) is 41.0. The SMILES string of the molecule is CC/C=C\C/C=C\C/C=C\C/C=C\CCC(=O)OC1C(OCC(COC(=O)CCCCCCCCCCC/C=C\CCCCCCCC)OC(=O)CCCCCCC/C=C\CCCCCC)OC(C(=O)O)C(O)C1O. The Kier molecular flexibility index (Phi) is 47.0. The Balaban J connectivity index is 2.70. The molecule has 0 amide bonds. The maximum Gasteiger partial charge on any atom is 0.335 e. The lowest BCUT2D eigenvalue weighted by molar-refractivity contribution is -0.301. The van der Waals surface area contributed by atoms with Crippen molar-refractivity contribution in [3.63, 3.8) is 0 Å². The molecule has 6 atom stereocenters. The van der Waals surface area contributed by atoms with Crippen molar-refractivity contribution in [3.05, 3.63) is 72.9 Å². The van der Waals surface area contributed by atoms with Gasteiger partial charge >= 0.3 is 23.9 Å². The second-order valence-corrected chi connectivity index (χ2v) is 20.2. The molecule has 0 radical (unpaired) electrons. The van der Waals surface area contributed by atoms with Crippen LogP contribution in [0.25, 0.3) is 0 Å². The summed E-state index contributed by atoms with van der Waals surface area (Å²) in [4.78, 5) is 51.0. The molecule has 0 spiro atoms. The summed E-state index contributed by atoms with van der Waals surface area (Å²) in [6, 6.07) is 0. The number of unbranched alkanes of at least 4 members (excludes halogenated alkanes) is 24. The number of ether oxygens (including phenoxy) is 5. The minimum Gasteiger partial charge on any atom is -0.479 e. The van der Waals surface area contributed by atoms with Gasteiger partial charge in [0.05, 0.1) is 6.61 Å². The van der Waals surface area contributed by atoms with Crippen LogP contribution in [0.2, 0.25) is 0 Å². The average molecular weight is 1060 g/mol. The highest BCUT2D eigenvalue weighted by atomic mass is 16.7. The van der Waals surface area contributed by atoms with Gasteiger partial charge in [0, 0.05) is 19.3 Å². The number of carboxylic acids is 1. The van der Waals surface area contributed by atoms with E-state index in [1.807, 2.05) is 18.2 Å². The van der Waals surface area contributed by atoms with Crippen LogP contribution in [-0.2, 0) is 42.9 Å². The molecule has 1 heterocycles. The van der Waals surface area contributed by atoms with Gasteiger partial charge in [-0.1, -0.05) is 209 Å². The molecule has 0 aromatic rings. The molecule has 1 fully saturated rings. The van der Waals surface area contributed by atoms with Crippen LogP contribution in [-0.4, -0.2) is 89.2 Å². The van der Waals surface area contributed by atoms with Crippen molar-refractivity contribution in [1.29, 1.82) is 0 Å². The number of aliphatic hydroxyl groups is 2. The molecule has 1 saturated heterocycles. The molecule has 3 N–H and O–H groups in total. The predicted molar refractivity (Wildman–Crippen MR) is 303 cm³/mol. The number of carboxylic acid groups (broad SMARTS) is 1. The number of esters is 3. The van der Waals surface area contributed by atoms with Gasteiger partial charge in [-0.3, -0.25) is 14.4 Å². The van der Waals surface area contributed by atoms with Crippen LogP contribution < -0.4 is 0 Å². The molecule has 0 bridgehead atoms. The third-order valence-corrected chi connectivity index (χ3v) is 13.3. The normalized spacial score (nSPS) is 18.7. The van der Waals surface area contributed by atoms with Crippen molar-refractivity contribution in [3.8, 4) is 0 Å². The van der Waals surface area contributed by atoms with Gasteiger partial charge < -0.3 is 39.0 Å². The topological polar surface area (TPSA) is 175 Å². The number of aliphatic hydroxyl groups excluding tert-OH is 2. The van der Waals surface area contributed by atoms with Crippen LogP contribution in [0.3, 0.4) is 0 Å². The van der Waals surface area contributed by atoms with Gasteiger partial charge in [0.25, 0.3) is 0 Å². The summed E-state index contributed by atoms with van der Waals surface area (Å²) in [6.07, 6.45) is 51.8. The molecule has 12 nitrogen and oxygen atoms in total. The Morgan fingerprint density at radius 3 is 1.35 bits per heavy atom. The third-order valence-electron chi connectivity index (χ3n) is 13.3.